The van der Waals surface area contributed by atoms with Crippen molar-refractivity contribution in [1.82, 2.24) is 0 Å². The molecule has 0 bridgehead atoms. The number of benzene rings is 1. The van der Waals surface area contributed by atoms with Crippen LogP contribution >= 0.6 is 15.9 Å². The molecular formula is C8H6BrF3. The Kier molecular flexibility index (Phi) is 3.14. The molecule has 0 aliphatic heterocycles. The molecule has 0 aliphatic carbocycles. The molecule has 0 fully saturated rings. The maximum Gasteiger partial charge on any atom is 0.263 e. The molecule has 12 heavy (non-hydrogen) atoms. The van der Waals surface area contributed by atoms with Crippen LogP contribution in [0.15, 0.2) is 24.3 Å². The Morgan fingerprint density at radius 2 is 1.67 bits per heavy atom. The van der Waals surface area contributed by atoms with Crippen LogP contribution in [0.25, 0.3) is 0 Å². The van der Waals surface area contributed by atoms with Crippen molar-refractivity contribution in [3.05, 3.63) is 35.4 Å². The van der Waals surface area contributed by atoms with Crippen LogP contribution in [0.2, 0.25) is 0 Å². The average molecular weight is 239 g/mol. The summed E-state index contributed by atoms with van der Waals surface area (Å²) in [6, 6.07) is 5.27. The molecular weight excluding hydrogens is 233 g/mol. The Bertz CT molecular complexity index is 237. The largest absolute Gasteiger partial charge is 0.263 e. The van der Waals surface area contributed by atoms with Gasteiger partial charge < -0.3 is 0 Å². The molecule has 1 unspecified atom stereocenters. The summed E-state index contributed by atoms with van der Waals surface area (Å²) in [4.78, 5) is 0. The zero-order valence-corrected chi connectivity index (χ0v) is 7.56. The van der Waals surface area contributed by atoms with E-state index in [9.17, 15) is 13.2 Å². The lowest BCUT2D eigenvalue weighted by molar-refractivity contribution is 0.151. The van der Waals surface area contributed by atoms with Gasteiger partial charge in [0.2, 0.25) is 0 Å². The molecule has 1 aromatic rings. The normalized spacial score (nSPS) is 13.4. The summed E-state index contributed by atoms with van der Waals surface area (Å²) in [5, 5.41) is -1.38. The van der Waals surface area contributed by atoms with Crippen molar-refractivity contribution in [3.8, 4) is 0 Å². The standard InChI is InChI=1S/C8H6BrF3/c9-7(10)5-2-1-3-6(4-5)8(11)12/h1-4,7-8H. The van der Waals surface area contributed by atoms with Gasteiger partial charge in [-0.25, -0.2) is 13.2 Å². The molecule has 4 heteroatoms. The minimum atomic E-state index is -2.55. The first-order valence-corrected chi connectivity index (χ1v) is 4.19. The van der Waals surface area contributed by atoms with E-state index < -0.39 is 11.5 Å². The summed E-state index contributed by atoms with van der Waals surface area (Å²) in [7, 11) is 0. The molecule has 0 radical (unpaired) electrons. The molecule has 0 N–H and O–H groups in total. The van der Waals surface area contributed by atoms with Crippen molar-refractivity contribution in [2.75, 3.05) is 0 Å². The van der Waals surface area contributed by atoms with Crippen LogP contribution in [0.1, 0.15) is 22.6 Å². The van der Waals surface area contributed by atoms with E-state index in [1.165, 1.54) is 18.2 Å². The summed E-state index contributed by atoms with van der Waals surface area (Å²) in [6.07, 6.45) is -2.55. The predicted molar refractivity (Wildman–Crippen MR) is 44.2 cm³/mol. The molecule has 0 heterocycles. The highest BCUT2D eigenvalue weighted by Gasteiger charge is 2.10. The first-order chi connectivity index (χ1) is 5.61. The average Bonchev–Trinajstić information content (AvgIpc) is 2.04. The van der Waals surface area contributed by atoms with E-state index in [1.54, 1.807) is 0 Å². The summed E-state index contributed by atoms with van der Waals surface area (Å²) in [5.41, 5.74) is 0.0578. The molecule has 66 valence electrons. The lowest BCUT2D eigenvalue weighted by atomic mass is 10.1. The van der Waals surface area contributed by atoms with Gasteiger partial charge >= 0.3 is 0 Å². The molecule has 0 spiro atoms. The van der Waals surface area contributed by atoms with Gasteiger partial charge in [0, 0.05) is 5.56 Å². The van der Waals surface area contributed by atoms with E-state index in [0.717, 1.165) is 6.07 Å². The Morgan fingerprint density at radius 1 is 1.08 bits per heavy atom. The van der Waals surface area contributed by atoms with Gasteiger partial charge in [0.05, 0.1) is 0 Å². The van der Waals surface area contributed by atoms with Crippen LogP contribution in [0.4, 0.5) is 13.2 Å². The molecule has 1 atom stereocenters. The van der Waals surface area contributed by atoms with Gasteiger partial charge in [-0.3, -0.25) is 0 Å². The van der Waals surface area contributed by atoms with E-state index in [4.69, 9.17) is 0 Å². The Labute approximate surface area is 76.5 Å². The van der Waals surface area contributed by atoms with E-state index >= 15 is 0 Å². The van der Waals surface area contributed by atoms with Gasteiger partial charge in [-0.1, -0.05) is 18.2 Å². The fourth-order valence-corrected chi connectivity index (χ4v) is 1.12. The summed E-state index contributed by atoms with van der Waals surface area (Å²) < 4.78 is 36.7. The minimum absolute atomic E-state index is 0.158. The molecule has 0 aromatic heterocycles. The van der Waals surface area contributed by atoms with Crippen LogP contribution < -0.4 is 0 Å². The van der Waals surface area contributed by atoms with Crippen molar-refractivity contribution >= 4 is 15.9 Å². The monoisotopic (exact) mass is 238 g/mol. The van der Waals surface area contributed by atoms with E-state index in [2.05, 4.69) is 15.9 Å². The van der Waals surface area contributed by atoms with Gasteiger partial charge in [0.15, 0.2) is 5.08 Å². The van der Waals surface area contributed by atoms with Crippen LogP contribution in [0, 0.1) is 0 Å². The van der Waals surface area contributed by atoms with Crippen molar-refractivity contribution in [1.29, 1.82) is 0 Å². The number of hydrogen-bond donors (Lipinski definition) is 0. The zero-order chi connectivity index (χ0) is 9.14. The number of hydrogen-bond acceptors (Lipinski definition) is 0. The van der Waals surface area contributed by atoms with Crippen LogP contribution in [0.5, 0.6) is 0 Å². The second kappa shape index (κ2) is 3.94. The second-order valence-electron chi connectivity index (χ2n) is 2.27. The Morgan fingerprint density at radius 3 is 2.17 bits per heavy atom. The third kappa shape index (κ3) is 2.24. The molecule has 0 saturated carbocycles. The maximum atomic E-state index is 12.5. The highest BCUT2D eigenvalue weighted by Crippen LogP contribution is 2.27. The quantitative estimate of drug-likeness (QED) is 0.684. The number of alkyl halides is 4. The molecule has 0 aliphatic rings. The van der Waals surface area contributed by atoms with Gasteiger partial charge in [0.25, 0.3) is 6.43 Å². The highest BCUT2D eigenvalue weighted by molar-refractivity contribution is 9.09. The zero-order valence-electron chi connectivity index (χ0n) is 5.98. The van der Waals surface area contributed by atoms with Crippen LogP contribution in [0.3, 0.4) is 0 Å². The molecule has 0 amide bonds. The molecule has 1 rings (SSSR count). The second-order valence-corrected chi connectivity index (χ2v) is 3.08. The maximum absolute atomic E-state index is 12.5. The Hall–Kier alpha value is -0.510. The SMILES string of the molecule is FC(F)c1cccc(C(F)Br)c1. The third-order valence-electron chi connectivity index (χ3n) is 1.41. The van der Waals surface area contributed by atoms with Gasteiger partial charge in [-0.2, -0.15) is 0 Å². The van der Waals surface area contributed by atoms with Crippen LogP contribution in [-0.4, -0.2) is 0 Å². The first-order valence-electron chi connectivity index (χ1n) is 3.27. The van der Waals surface area contributed by atoms with Crippen molar-refractivity contribution < 1.29 is 13.2 Å². The first kappa shape index (κ1) is 9.58. The summed E-state index contributed by atoms with van der Waals surface area (Å²) in [5.74, 6) is 0. The molecule has 0 nitrogen and oxygen atoms in total. The van der Waals surface area contributed by atoms with E-state index in [1.807, 2.05) is 0 Å². The number of rotatable bonds is 2. The third-order valence-corrected chi connectivity index (χ3v) is 1.94. The van der Waals surface area contributed by atoms with Gasteiger partial charge in [-0.15, -0.1) is 0 Å². The highest BCUT2D eigenvalue weighted by atomic mass is 79.9. The summed E-state index contributed by atoms with van der Waals surface area (Å²) in [6.45, 7) is 0. The van der Waals surface area contributed by atoms with Gasteiger partial charge in [0.1, 0.15) is 0 Å². The lowest BCUT2D eigenvalue weighted by Gasteiger charge is -2.03. The van der Waals surface area contributed by atoms with Gasteiger partial charge in [-0.05, 0) is 27.6 Å². The summed E-state index contributed by atoms with van der Waals surface area (Å²) >= 11 is 2.65. The fraction of sp³-hybridized carbons (Fsp3) is 0.250. The van der Waals surface area contributed by atoms with Crippen molar-refractivity contribution in [2.45, 2.75) is 11.5 Å². The van der Waals surface area contributed by atoms with E-state index in [0.29, 0.717) is 0 Å². The predicted octanol–water partition coefficient (Wildman–Crippen LogP) is 3.99. The number of halogens is 4. The van der Waals surface area contributed by atoms with Crippen molar-refractivity contribution in [2.24, 2.45) is 0 Å². The smallest absolute Gasteiger partial charge is 0.230 e. The van der Waals surface area contributed by atoms with E-state index in [-0.39, 0.29) is 11.1 Å². The minimum Gasteiger partial charge on any atom is -0.230 e. The topological polar surface area (TPSA) is 0 Å². The Balaban J connectivity index is 2.96. The molecule has 0 saturated heterocycles. The van der Waals surface area contributed by atoms with Crippen LogP contribution in [-0.2, 0) is 0 Å². The lowest BCUT2D eigenvalue weighted by Crippen LogP contribution is -1.87. The fourth-order valence-electron chi connectivity index (χ4n) is 0.830. The molecule has 1 aromatic carbocycles. The van der Waals surface area contributed by atoms with Crippen molar-refractivity contribution in [3.63, 3.8) is 0 Å².